The van der Waals surface area contributed by atoms with Crippen LogP contribution in [-0.4, -0.2) is 19.5 Å². The molecule has 1 aliphatic carbocycles. The number of hydrogen-bond donors (Lipinski definition) is 0. The maximum absolute atomic E-state index is 11.2. The number of para-hydroxylation sites is 1. The SMILES string of the molecule is O=CC(c1cccc2c1OCCO2)C1CC1. The van der Waals surface area contributed by atoms with E-state index in [-0.39, 0.29) is 5.92 Å². The van der Waals surface area contributed by atoms with Gasteiger partial charge in [0.05, 0.1) is 0 Å². The molecule has 0 radical (unpaired) electrons. The normalized spacial score (nSPS) is 20.2. The van der Waals surface area contributed by atoms with Gasteiger partial charge in [-0.25, -0.2) is 0 Å². The zero-order chi connectivity index (χ0) is 11.0. The average molecular weight is 218 g/mol. The summed E-state index contributed by atoms with van der Waals surface area (Å²) in [5.74, 6) is 2.04. The summed E-state index contributed by atoms with van der Waals surface area (Å²) in [6.07, 6.45) is 3.34. The Bertz CT molecular complexity index is 410. The molecule has 0 spiro atoms. The van der Waals surface area contributed by atoms with Gasteiger partial charge in [0.25, 0.3) is 0 Å². The van der Waals surface area contributed by atoms with Crippen molar-refractivity contribution in [3.8, 4) is 11.5 Å². The van der Waals surface area contributed by atoms with Crippen molar-refractivity contribution < 1.29 is 14.3 Å². The molecule has 0 saturated heterocycles. The predicted octanol–water partition coefficient (Wildman–Crippen LogP) is 2.15. The van der Waals surface area contributed by atoms with E-state index in [0.717, 1.165) is 36.2 Å². The first-order chi connectivity index (χ1) is 7.90. The quantitative estimate of drug-likeness (QED) is 0.729. The summed E-state index contributed by atoms with van der Waals surface area (Å²) in [5.41, 5.74) is 0.995. The van der Waals surface area contributed by atoms with Crippen LogP contribution in [0.1, 0.15) is 24.3 Å². The maximum Gasteiger partial charge on any atom is 0.165 e. The molecule has 1 aromatic carbocycles. The highest BCUT2D eigenvalue weighted by Gasteiger charge is 2.34. The van der Waals surface area contributed by atoms with Crippen LogP contribution in [0.4, 0.5) is 0 Å². The van der Waals surface area contributed by atoms with Crippen molar-refractivity contribution in [2.24, 2.45) is 5.92 Å². The van der Waals surface area contributed by atoms with Crippen molar-refractivity contribution in [3.63, 3.8) is 0 Å². The molecule has 1 aromatic rings. The van der Waals surface area contributed by atoms with E-state index in [9.17, 15) is 4.79 Å². The maximum atomic E-state index is 11.2. The van der Waals surface area contributed by atoms with Gasteiger partial charge in [0.2, 0.25) is 0 Å². The summed E-state index contributed by atoms with van der Waals surface area (Å²) < 4.78 is 11.1. The first kappa shape index (κ1) is 9.70. The van der Waals surface area contributed by atoms with Crippen molar-refractivity contribution in [2.45, 2.75) is 18.8 Å². The molecule has 0 N–H and O–H groups in total. The van der Waals surface area contributed by atoms with E-state index in [4.69, 9.17) is 9.47 Å². The highest BCUT2D eigenvalue weighted by atomic mass is 16.6. The second-order valence-electron chi connectivity index (χ2n) is 4.37. The summed E-state index contributed by atoms with van der Waals surface area (Å²) in [6, 6.07) is 5.80. The van der Waals surface area contributed by atoms with Crippen LogP contribution in [0.25, 0.3) is 0 Å². The fraction of sp³-hybridized carbons (Fsp3) is 0.462. The molecular weight excluding hydrogens is 204 g/mol. The van der Waals surface area contributed by atoms with Gasteiger partial charge in [-0.05, 0) is 24.8 Å². The summed E-state index contributed by atoms with van der Waals surface area (Å²) in [4.78, 5) is 11.2. The monoisotopic (exact) mass is 218 g/mol. The molecule has 1 fully saturated rings. The van der Waals surface area contributed by atoms with Crippen LogP contribution in [-0.2, 0) is 4.79 Å². The minimum atomic E-state index is -0.0170. The van der Waals surface area contributed by atoms with E-state index in [2.05, 4.69) is 0 Å². The molecule has 84 valence electrons. The largest absolute Gasteiger partial charge is 0.486 e. The highest BCUT2D eigenvalue weighted by Crippen LogP contribution is 2.46. The summed E-state index contributed by atoms with van der Waals surface area (Å²) in [6.45, 7) is 1.16. The molecule has 1 aliphatic heterocycles. The predicted molar refractivity (Wildman–Crippen MR) is 59.0 cm³/mol. The Hall–Kier alpha value is -1.51. The van der Waals surface area contributed by atoms with Crippen LogP contribution in [0.5, 0.6) is 11.5 Å². The van der Waals surface area contributed by atoms with Gasteiger partial charge in [-0.15, -0.1) is 0 Å². The van der Waals surface area contributed by atoms with Gasteiger partial charge in [-0.2, -0.15) is 0 Å². The van der Waals surface area contributed by atoms with Crippen molar-refractivity contribution >= 4 is 6.29 Å². The van der Waals surface area contributed by atoms with E-state index < -0.39 is 0 Å². The molecule has 1 saturated carbocycles. The van der Waals surface area contributed by atoms with Gasteiger partial charge in [0.15, 0.2) is 11.5 Å². The minimum Gasteiger partial charge on any atom is -0.486 e. The van der Waals surface area contributed by atoms with Gasteiger partial charge in [-0.1, -0.05) is 12.1 Å². The first-order valence-electron chi connectivity index (χ1n) is 5.74. The smallest absolute Gasteiger partial charge is 0.165 e. The van der Waals surface area contributed by atoms with Crippen LogP contribution in [0, 0.1) is 5.92 Å². The lowest BCUT2D eigenvalue weighted by Crippen LogP contribution is -2.18. The van der Waals surface area contributed by atoms with E-state index in [1.165, 1.54) is 0 Å². The Kier molecular flexibility index (Phi) is 2.31. The molecule has 1 unspecified atom stereocenters. The second-order valence-corrected chi connectivity index (χ2v) is 4.37. The fourth-order valence-electron chi connectivity index (χ4n) is 2.25. The minimum absolute atomic E-state index is 0.0170. The third-order valence-electron chi connectivity index (χ3n) is 3.23. The molecule has 1 heterocycles. The Morgan fingerprint density at radius 3 is 2.81 bits per heavy atom. The average Bonchev–Trinajstić information content (AvgIpc) is 3.15. The molecule has 0 bridgehead atoms. The van der Waals surface area contributed by atoms with E-state index in [1.807, 2.05) is 18.2 Å². The summed E-state index contributed by atoms with van der Waals surface area (Å²) in [5, 5.41) is 0. The number of hydrogen-bond acceptors (Lipinski definition) is 3. The van der Waals surface area contributed by atoms with Crippen LogP contribution < -0.4 is 9.47 Å². The van der Waals surface area contributed by atoms with Crippen LogP contribution >= 0.6 is 0 Å². The highest BCUT2D eigenvalue weighted by molar-refractivity contribution is 5.67. The molecular formula is C13H14O3. The Balaban J connectivity index is 2.01. The van der Waals surface area contributed by atoms with Gasteiger partial charge in [0.1, 0.15) is 19.5 Å². The van der Waals surface area contributed by atoms with Crippen LogP contribution in [0.3, 0.4) is 0 Å². The molecule has 3 rings (SSSR count). The lowest BCUT2D eigenvalue weighted by molar-refractivity contribution is -0.109. The van der Waals surface area contributed by atoms with Crippen molar-refractivity contribution in [2.75, 3.05) is 13.2 Å². The second kappa shape index (κ2) is 3.81. The standard InChI is InChI=1S/C13H14O3/c14-8-11(9-4-5-9)10-2-1-3-12-13(10)16-7-6-15-12/h1-3,8-9,11H,4-7H2. The molecule has 3 nitrogen and oxygen atoms in total. The fourth-order valence-corrected chi connectivity index (χ4v) is 2.25. The first-order valence-corrected chi connectivity index (χ1v) is 5.74. The number of rotatable bonds is 3. The number of ether oxygens (including phenoxy) is 2. The lowest BCUT2D eigenvalue weighted by Gasteiger charge is -2.23. The number of fused-ring (bicyclic) bond motifs is 1. The zero-order valence-corrected chi connectivity index (χ0v) is 9.02. The van der Waals surface area contributed by atoms with Gasteiger partial charge < -0.3 is 14.3 Å². The van der Waals surface area contributed by atoms with Gasteiger partial charge in [-0.3, -0.25) is 0 Å². The number of benzene rings is 1. The Morgan fingerprint density at radius 1 is 1.25 bits per heavy atom. The van der Waals surface area contributed by atoms with Crippen LogP contribution in [0.15, 0.2) is 18.2 Å². The number of aldehydes is 1. The van der Waals surface area contributed by atoms with E-state index in [1.54, 1.807) is 0 Å². The molecule has 1 atom stereocenters. The van der Waals surface area contributed by atoms with Gasteiger partial charge >= 0.3 is 0 Å². The zero-order valence-electron chi connectivity index (χ0n) is 9.02. The molecule has 2 aliphatic rings. The lowest BCUT2D eigenvalue weighted by atomic mass is 9.94. The molecule has 3 heteroatoms. The van der Waals surface area contributed by atoms with E-state index >= 15 is 0 Å². The van der Waals surface area contributed by atoms with E-state index in [0.29, 0.717) is 19.1 Å². The number of carbonyl (C=O) groups is 1. The van der Waals surface area contributed by atoms with Crippen molar-refractivity contribution in [1.82, 2.24) is 0 Å². The summed E-state index contributed by atoms with van der Waals surface area (Å²) in [7, 11) is 0. The Labute approximate surface area is 94.4 Å². The molecule has 0 aromatic heterocycles. The third-order valence-corrected chi connectivity index (χ3v) is 3.23. The van der Waals surface area contributed by atoms with Crippen molar-refractivity contribution in [3.05, 3.63) is 23.8 Å². The Morgan fingerprint density at radius 2 is 2.06 bits per heavy atom. The topological polar surface area (TPSA) is 35.5 Å². The summed E-state index contributed by atoms with van der Waals surface area (Å²) >= 11 is 0. The third kappa shape index (κ3) is 1.56. The number of carbonyl (C=O) groups excluding carboxylic acids is 1. The van der Waals surface area contributed by atoms with Crippen molar-refractivity contribution in [1.29, 1.82) is 0 Å². The molecule has 0 amide bonds. The van der Waals surface area contributed by atoms with Gasteiger partial charge in [0, 0.05) is 11.5 Å². The molecule has 16 heavy (non-hydrogen) atoms. The van der Waals surface area contributed by atoms with Crippen LogP contribution in [0.2, 0.25) is 0 Å².